The number of benzene rings is 1. The van der Waals surface area contributed by atoms with Crippen LogP contribution in [-0.4, -0.2) is 27.4 Å². The molecule has 2 N–H and O–H groups in total. The van der Waals surface area contributed by atoms with E-state index in [0.29, 0.717) is 6.42 Å². The first-order chi connectivity index (χ1) is 10.2. The summed E-state index contributed by atoms with van der Waals surface area (Å²) in [7, 11) is 0. The van der Waals surface area contributed by atoms with Gasteiger partial charge in [-0.1, -0.05) is 18.2 Å². The molecule has 0 aliphatic rings. The van der Waals surface area contributed by atoms with Gasteiger partial charge in [0.1, 0.15) is 0 Å². The standard InChI is InChI=1S/C17H23NO3/c19-12-5-1-4-11-18-13-14(7-6-10-17(20)21)15-8-2-3-9-16(15)18/h2-3,8-9,13,19H,1,4-7,10-12H2,(H,20,21). The first-order valence-corrected chi connectivity index (χ1v) is 7.62. The molecule has 0 fully saturated rings. The molecule has 0 spiro atoms. The number of aliphatic carboxylic acids is 1. The van der Waals surface area contributed by atoms with E-state index in [-0.39, 0.29) is 13.0 Å². The highest BCUT2D eigenvalue weighted by atomic mass is 16.4. The number of carbonyl (C=O) groups is 1. The third-order valence-corrected chi connectivity index (χ3v) is 3.76. The van der Waals surface area contributed by atoms with E-state index in [1.807, 2.05) is 12.1 Å². The number of carboxylic acids is 1. The molecule has 0 bridgehead atoms. The van der Waals surface area contributed by atoms with Crippen LogP contribution in [-0.2, 0) is 17.8 Å². The van der Waals surface area contributed by atoms with Crippen molar-refractivity contribution in [2.45, 2.75) is 45.1 Å². The van der Waals surface area contributed by atoms with E-state index in [2.05, 4.69) is 22.9 Å². The fourth-order valence-corrected chi connectivity index (χ4v) is 2.71. The number of rotatable bonds is 9. The zero-order chi connectivity index (χ0) is 15.1. The first-order valence-electron chi connectivity index (χ1n) is 7.62. The van der Waals surface area contributed by atoms with Crippen LogP contribution in [0.4, 0.5) is 0 Å². The molecule has 2 rings (SSSR count). The Hall–Kier alpha value is -1.81. The molecule has 0 atom stereocenters. The van der Waals surface area contributed by atoms with Gasteiger partial charge < -0.3 is 14.8 Å². The number of hydrogen-bond donors (Lipinski definition) is 2. The monoisotopic (exact) mass is 289 g/mol. The van der Waals surface area contributed by atoms with Gasteiger partial charge in [0.2, 0.25) is 0 Å². The number of aliphatic hydroxyl groups is 1. The van der Waals surface area contributed by atoms with Gasteiger partial charge in [-0.25, -0.2) is 0 Å². The molecule has 4 nitrogen and oxygen atoms in total. The summed E-state index contributed by atoms with van der Waals surface area (Å²) >= 11 is 0. The van der Waals surface area contributed by atoms with Crippen molar-refractivity contribution in [1.82, 2.24) is 4.57 Å². The second-order valence-electron chi connectivity index (χ2n) is 5.40. The Morgan fingerprint density at radius 2 is 1.90 bits per heavy atom. The van der Waals surface area contributed by atoms with Crippen molar-refractivity contribution in [2.24, 2.45) is 0 Å². The summed E-state index contributed by atoms with van der Waals surface area (Å²) in [6, 6.07) is 8.28. The van der Waals surface area contributed by atoms with Crippen molar-refractivity contribution in [2.75, 3.05) is 6.61 Å². The Bertz CT molecular complexity index is 589. The highest BCUT2D eigenvalue weighted by molar-refractivity contribution is 5.84. The maximum Gasteiger partial charge on any atom is 0.303 e. The summed E-state index contributed by atoms with van der Waals surface area (Å²) in [6.45, 7) is 1.20. The maximum atomic E-state index is 10.6. The number of hydrogen-bond acceptors (Lipinski definition) is 2. The van der Waals surface area contributed by atoms with E-state index in [1.165, 1.54) is 16.5 Å². The summed E-state index contributed by atoms with van der Waals surface area (Å²) in [5, 5.41) is 18.8. The molecule has 1 aromatic carbocycles. The third kappa shape index (κ3) is 4.33. The quantitative estimate of drug-likeness (QED) is 0.697. The van der Waals surface area contributed by atoms with Crippen LogP contribution in [0.15, 0.2) is 30.5 Å². The Kier molecular flexibility index (Phi) is 5.81. The number of carboxylic acid groups (broad SMARTS) is 1. The van der Waals surface area contributed by atoms with Crippen molar-refractivity contribution in [3.8, 4) is 0 Å². The molecule has 2 aromatic rings. The highest BCUT2D eigenvalue weighted by Gasteiger charge is 2.08. The molecule has 1 heterocycles. The van der Waals surface area contributed by atoms with E-state index < -0.39 is 5.97 Å². The van der Waals surface area contributed by atoms with Gasteiger partial charge >= 0.3 is 5.97 Å². The van der Waals surface area contributed by atoms with Crippen molar-refractivity contribution < 1.29 is 15.0 Å². The SMILES string of the molecule is O=C(O)CCCc1cn(CCCCCO)c2ccccc12. The van der Waals surface area contributed by atoms with E-state index in [1.54, 1.807) is 0 Å². The molecule has 0 saturated heterocycles. The highest BCUT2D eigenvalue weighted by Crippen LogP contribution is 2.23. The molecule has 4 heteroatoms. The average molecular weight is 289 g/mol. The van der Waals surface area contributed by atoms with Gasteiger partial charge in [-0.15, -0.1) is 0 Å². The fourth-order valence-electron chi connectivity index (χ4n) is 2.71. The Balaban J connectivity index is 2.08. The lowest BCUT2D eigenvalue weighted by Crippen LogP contribution is -1.97. The zero-order valence-corrected chi connectivity index (χ0v) is 12.3. The minimum Gasteiger partial charge on any atom is -0.481 e. The van der Waals surface area contributed by atoms with Crippen molar-refractivity contribution in [1.29, 1.82) is 0 Å². The van der Waals surface area contributed by atoms with Crippen LogP contribution in [0.3, 0.4) is 0 Å². The Morgan fingerprint density at radius 1 is 1.10 bits per heavy atom. The van der Waals surface area contributed by atoms with Gasteiger partial charge in [-0.3, -0.25) is 4.79 Å². The summed E-state index contributed by atoms with van der Waals surface area (Å²) < 4.78 is 2.25. The second kappa shape index (κ2) is 7.84. The number of para-hydroxylation sites is 1. The number of aromatic nitrogens is 1. The molecule has 114 valence electrons. The van der Waals surface area contributed by atoms with Crippen LogP contribution >= 0.6 is 0 Å². The lowest BCUT2D eigenvalue weighted by Gasteiger charge is -2.04. The smallest absolute Gasteiger partial charge is 0.303 e. The zero-order valence-electron chi connectivity index (χ0n) is 12.3. The Labute approximate surface area is 125 Å². The van der Waals surface area contributed by atoms with Crippen LogP contribution < -0.4 is 0 Å². The van der Waals surface area contributed by atoms with Gasteiger partial charge in [0.15, 0.2) is 0 Å². The van der Waals surface area contributed by atoms with E-state index >= 15 is 0 Å². The molecular formula is C17H23NO3. The summed E-state index contributed by atoms with van der Waals surface area (Å²) in [5.41, 5.74) is 2.45. The van der Waals surface area contributed by atoms with E-state index in [0.717, 1.165) is 32.2 Å². The second-order valence-corrected chi connectivity index (χ2v) is 5.40. The van der Waals surface area contributed by atoms with Gasteiger partial charge in [-0.05, 0) is 43.7 Å². The lowest BCUT2D eigenvalue weighted by atomic mass is 10.1. The summed E-state index contributed by atoms with van der Waals surface area (Å²) in [4.78, 5) is 10.6. The number of aryl methyl sites for hydroxylation is 2. The molecule has 0 saturated carbocycles. The minimum absolute atomic E-state index is 0.218. The third-order valence-electron chi connectivity index (χ3n) is 3.76. The van der Waals surface area contributed by atoms with E-state index in [9.17, 15) is 4.79 Å². The molecule has 0 aliphatic heterocycles. The average Bonchev–Trinajstić information content (AvgIpc) is 2.82. The predicted molar refractivity (Wildman–Crippen MR) is 83.4 cm³/mol. The predicted octanol–water partition coefficient (Wildman–Crippen LogP) is 3.21. The van der Waals surface area contributed by atoms with Crippen molar-refractivity contribution in [3.05, 3.63) is 36.0 Å². The van der Waals surface area contributed by atoms with Crippen LogP contribution in [0.25, 0.3) is 10.9 Å². The number of fused-ring (bicyclic) bond motifs is 1. The lowest BCUT2D eigenvalue weighted by molar-refractivity contribution is -0.137. The molecule has 0 radical (unpaired) electrons. The normalized spacial score (nSPS) is 11.1. The van der Waals surface area contributed by atoms with Crippen LogP contribution in [0.1, 0.15) is 37.7 Å². The van der Waals surface area contributed by atoms with Gasteiger partial charge in [-0.2, -0.15) is 0 Å². The molecule has 0 unspecified atom stereocenters. The van der Waals surface area contributed by atoms with E-state index in [4.69, 9.17) is 10.2 Å². The van der Waals surface area contributed by atoms with Crippen LogP contribution in [0, 0.1) is 0 Å². The maximum absolute atomic E-state index is 10.6. The van der Waals surface area contributed by atoms with Gasteiger partial charge in [0.25, 0.3) is 0 Å². The van der Waals surface area contributed by atoms with Crippen LogP contribution in [0.2, 0.25) is 0 Å². The Morgan fingerprint density at radius 3 is 2.67 bits per heavy atom. The van der Waals surface area contributed by atoms with Gasteiger partial charge in [0, 0.05) is 36.7 Å². The summed E-state index contributed by atoms with van der Waals surface area (Å²) in [6.07, 6.45) is 6.78. The number of nitrogens with zero attached hydrogens (tertiary/aromatic N) is 1. The molecule has 21 heavy (non-hydrogen) atoms. The molecule has 0 amide bonds. The van der Waals surface area contributed by atoms with Crippen LogP contribution in [0.5, 0.6) is 0 Å². The number of unbranched alkanes of at least 4 members (excludes halogenated alkanes) is 2. The summed E-state index contributed by atoms with van der Waals surface area (Å²) in [5.74, 6) is -0.734. The molecule has 1 aromatic heterocycles. The molecule has 0 aliphatic carbocycles. The van der Waals surface area contributed by atoms with Crippen molar-refractivity contribution in [3.63, 3.8) is 0 Å². The van der Waals surface area contributed by atoms with Gasteiger partial charge in [0.05, 0.1) is 0 Å². The topological polar surface area (TPSA) is 62.5 Å². The number of aliphatic hydroxyl groups excluding tert-OH is 1. The fraction of sp³-hybridized carbons (Fsp3) is 0.471. The molecular weight excluding hydrogens is 266 g/mol. The first kappa shape index (κ1) is 15.6. The largest absolute Gasteiger partial charge is 0.481 e. The minimum atomic E-state index is -0.734. The van der Waals surface area contributed by atoms with Crippen molar-refractivity contribution >= 4 is 16.9 Å².